The average molecular weight is 691 g/mol. The van der Waals surface area contributed by atoms with Crippen molar-refractivity contribution in [3.05, 3.63) is 182 Å². The van der Waals surface area contributed by atoms with Crippen LogP contribution < -0.4 is 0 Å². The molecule has 5 nitrogen and oxygen atoms in total. The predicted molar refractivity (Wildman–Crippen MR) is 221 cm³/mol. The molecule has 3 aromatic heterocycles. The highest BCUT2D eigenvalue weighted by molar-refractivity contribution is 6.21. The highest BCUT2D eigenvalue weighted by Gasteiger charge is 2.20. The summed E-state index contributed by atoms with van der Waals surface area (Å²) in [6.07, 6.45) is 0. The van der Waals surface area contributed by atoms with Gasteiger partial charge in [-0.2, -0.15) is 0 Å². The fraction of sp³-hybridized carbons (Fsp3) is 0. The molecule has 0 radical (unpaired) electrons. The lowest BCUT2D eigenvalue weighted by atomic mass is 10.0. The molecule has 11 rings (SSSR count). The normalized spacial score (nSPS) is 11.7. The van der Waals surface area contributed by atoms with E-state index in [1.54, 1.807) is 0 Å². The van der Waals surface area contributed by atoms with Gasteiger partial charge >= 0.3 is 0 Å². The maximum atomic E-state index is 6.52. The van der Waals surface area contributed by atoms with Gasteiger partial charge in [-0.25, -0.2) is 15.0 Å². The molecule has 8 aromatic carbocycles. The van der Waals surface area contributed by atoms with Crippen molar-refractivity contribution < 1.29 is 4.42 Å². The summed E-state index contributed by atoms with van der Waals surface area (Å²) in [5, 5.41) is 6.93. The van der Waals surface area contributed by atoms with E-state index in [0.717, 1.165) is 66.5 Å². The highest BCUT2D eigenvalue weighted by atomic mass is 16.3. The van der Waals surface area contributed by atoms with Crippen molar-refractivity contribution in [2.24, 2.45) is 0 Å². The van der Waals surface area contributed by atoms with Crippen LogP contribution in [0.3, 0.4) is 0 Å². The van der Waals surface area contributed by atoms with E-state index in [0.29, 0.717) is 17.5 Å². The molecule has 0 atom stereocenters. The summed E-state index contributed by atoms with van der Waals surface area (Å²) in [4.78, 5) is 15.3. The molecule has 0 aliphatic rings. The van der Waals surface area contributed by atoms with E-state index in [2.05, 4.69) is 138 Å². The van der Waals surface area contributed by atoms with E-state index in [1.165, 1.54) is 21.5 Å². The van der Waals surface area contributed by atoms with Gasteiger partial charge in [0.25, 0.3) is 0 Å². The number of benzene rings is 8. The molecule has 0 saturated carbocycles. The van der Waals surface area contributed by atoms with Gasteiger partial charge in [0.15, 0.2) is 17.5 Å². The zero-order chi connectivity index (χ0) is 35.6. The van der Waals surface area contributed by atoms with Crippen LogP contribution in [0, 0.1) is 0 Å². The van der Waals surface area contributed by atoms with Crippen LogP contribution in [0.2, 0.25) is 0 Å². The summed E-state index contributed by atoms with van der Waals surface area (Å²) < 4.78 is 8.89. The Hall–Kier alpha value is -7.37. The van der Waals surface area contributed by atoms with Crippen LogP contribution in [-0.4, -0.2) is 19.5 Å². The van der Waals surface area contributed by atoms with Crippen molar-refractivity contribution in [3.8, 4) is 51.0 Å². The molecule has 5 heteroatoms. The molecule has 11 aromatic rings. The first kappa shape index (κ1) is 30.3. The zero-order valence-corrected chi connectivity index (χ0v) is 29.0. The van der Waals surface area contributed by atoms with Gasteiger partial charge in [-0.05, 0) is 58.3 Å². The van der Waals surface area contributed by atoms with Crippen molar-refractivity contribution in [3.63, 3.8) is 0 Å². The Morgan fingerprint density at radius 1 is 0.370 bits per heavy atom. The highest BCUT2D eigenvalue weighted by Crippen LogP contribution is 2.41. The second-order valence-corrected chi connectivity index (χ2v) is 13.6. The van der Waals surface area contributed by atoms with E-state index in [1.807, 2.05) is 48.5 Å². The summed E-state index contributed by atoms with van der Waals surface area (Å²) in [6.45, 7) is 0. The quantitative estimate of drug-likeness (QED) is 0.180. The van der Waals surface area contributed by atoms with Crippen molar-refractivity contribution in [1.29, 1.82) is 0 Å². The van der Waals surface area contributed by atoms with Gasteiger partial charge in [-0.3, -0.25) is 0 Å². The molecule has 0 N–H and O–H groups in total. The molecule has 0 amide bonds. The molecule has 3 heterocycles. The number of furan rings is 1. The van der Waals surface area contributed by atoms with Crippen LogP contribution in [-0.2, 0) is 0 Å². The number of nitrogens with zero attached hydrogens (tertiary/aromatic N) is 4. The fourth-order valence-corrected chi connectivity index (χ4v) is 7.94. The van der Waals surface area contributed by atoms with Crippen LogP contribution in [0.25, 0.3) is 105 Å². The minimum atomic E-state index is 0.591. The Labute approximate surface area is 310 Å². The van der Waals surface area contributed by atoms with Crippen LogP contribution in [0.5, 0.6) is 0 Å². The Bertz CT molecular complexity index is 3200. The molecule has 0 spiro atoms. The molecule has 0 aliphatic carbocycles. The van der Waals surface area contributed by atoms with Crippen LogP contribution >= 0.6 is 0 Å². The van der Waals surface area contributed by atoms with E-state index in [-0.39, 0.29) is 0 Å². The number of fused-ring (bicyclic) bond motifs is 8. The van der Waals surface area contributed by atoms with E-state index < -0.39 is 0 Å². The van der Waals surface area contributed by atoms with Crippen LogP contribution in [0.4, 0.5) is 0 Å². The summed E-state index contributed by atoms with van der Waals surface area (Å²) in [6, 6.07) is 63.3. The van der Waals surface area contributed by atoms with E-state index in [4.69, 9.17) is 19.4 Å². The third-order valence-corrected chi connectivity index (χ3v) is 10.5. The Morgan fingerprint density at radius 2 is 1.00 bits per heavy atom. The summed E-state index contributed by atoms with van der Waals surface area (Å²) >= 11 is 0. The first-order valence-electron chi connectivity index (χ1n) is 18.1. The smallest absolute Gasteiger partial charge is 0.164 e. The minimum Gasteiger partial charge on any atom is -0.456 e. The maximum absolute atomic E-state index is 6.52. The third kappa shape index (κ3) is 4.83. The monoisotopic (exact) mass is 690 g/mol. The van der Waals surface area contributed by atoms with Crippen molar-refractivity contribution in [2.75, 3.05) is 0 Å². The first-order valence-corrected chi connectivity index (χ1v) is 18.1. The molecule has 0 fully saturated rings. The van der Waals surface area contributed by atoms with Crippen LogP contribution in [0.1, 0.15) is 0 Å². The second kappa shape index (κ2) is 12.1. The lowest BCUT2D eigenvalue weighted by Gasteiger charge is -2.10. The number of para-hydroxylation sites is 1. The number of rotatable bonds is 5. The Balaban J connectivity index is 1.12. The Kier molecular flexibility index (Phi) is 6.79. The van der Waals surface area contributed by atoms with Gasteiger partial charge < -0.3 is 8.98 Å². The van der Waals surface area contributed by atoms with Gasteiger partial charge in [0.1, 0.15) is 11.2 Å². The SMILES string of the molecule is c1ccc(-c2ccc(-c3nc(-c4ccccc4)nc(-c4cccc5oc6ccc(-n7c8ccccc8c8c9ccccc9ccc87)cc6c45)n3)cc2)cc1. The third-order valence-electron chi connectivity index (χ3n) is 10.5. The standard InChI is InChI=1S/C49H30N4O/c1-3-12-31(13-4-1)32-22-24-35(25-23-32)48-50-47(34-15-5-2-6-16-34)51-49(52-48)39-19-11-21-44-46(39)40-30-36(27-29-43(40)54-44)53-41-20-10-9-18-38(41)45-37-17-8-7-14-33(37)26-28-42(45)53/h1-30H. The summed E-state index contributed by atoms with van der Waals surface area (Å²) in [5.41, 5.74) is 10.00. The lowest BCUT2D eigenvalue weighted by molar-refractivity contribution is 0.669. The number of hydrogen-bond donors (Lipinski definition) is 0. The van der Waals surface area contributed by atoms with Crippen molar-refractivity contribution in [2.45, 2.75) is 0 Å². The molecular weight excluding hydrogens is 661 g/mol. The fourth-order valence-electron chi connectivity index (χ4n) is 7.94. The molecule has 0 bridgehead atoms. The molecule has 252 valence electrons. The van der Waals surface area contributed by atoms with Gasteiger partial charge in [-0.15, -0.1) is 0 Å². The molecule has 0 unspecified atom stereocenters. The predicted octanol–water partition coefficient (Wildman–Crippen LogP) is 12.7. The topological polar surface area (TPSA) is 56.7 Å². The molecule has 54 heavy (non-hydrogen) atoms. The summed E-state index contributed by atoms with van der Waals surface area (Å²) in [7, 11) is 0. The summed E-state index contributed by atoms with van der Waals surface area (Å²) in [5.74, 6) is 1.82. The van der Waals surface area contributed by atoms with Crippen molar-refractivity contribution in [1.82, 2.24) is 19.5 Å². The maximum Gasteiger partial charge on any atom is 0.164 e. The van der Waals surface area contributed by atoms with Gasteiger partial charge in [-0.1, -0.05) is 146 Å². The molecular formula is C49H30N4O. The first-order chi connectivity index (χ1) is 26.8. The Morgan fingerprint density at radius 3 is 1.80 bits per heavy atom. The van der Waals surface area contributed by atoms with E-state index >= 15 is 0 Å². The second-order valence-electron chi connectivity index (χ2n) is 13.6. The van der Waals surface area contributed by atoms with Gasteiger partial charge in [0.05, 0.1) is 11.0 Å². The zero-order valence-electron chi connectivity index (χ0n) is 29.0. The minimum absolute atomic E-state index is 0.591. The van der Waals surface area contributed by atoms with E-state index in [9.17, 15) is 0 Å². The van der Waals surface area contributed by atoms with Gasteiger partial charge in [0.2, 0.25) is 0 Å². The molecule has 0 saturated heterocycles. The van der Waals surface area contributed by atoms with Crippen LogP contribution in [0.15, 0.2) is 186 Å². The number of hydrogen-bond acceptors (Lipinski definition) is 4. The van der Waals surface area contributed by atoms with Crippen molar-refractivity contribution >= 4 is 54.5 Å². The number of aromatic nitrogens is 4. The molecule has 0 aliphatic heterocycles. The average Bonchev–Trinajstić information content (AvgIpc) is 3.80. The van der Waals surface area contributed by atoms with Gasteiger partial charge in [0, 0.05) is 43.9 Å². The largest absolute Gasteiger partial charge is 0.456 e. The lowest BCUT2D eigenvalue weighted by Crippen LogP contribution is -2.00.